The van der Waals surface area contributed by atoms with E-state index >= 15 is 0 Å². The molecule has 1 saturated carbocycles. The Hall–Kier alpha value is -4.05. The summed E-state index contributed by atoms with van der Waals surface area (Å²) in [5.41, 5.74) is 2.40. The molecule has 3 amide bonds. The number of carbonyl (C=O) groups is 3. The fourth-order valence-electron chi connectivity index (χ4n) is 6.15. The number of hydrogen-bond acceptors (Lipinski definition) is 6. The second-order valence-electron chi connectivity index (χ2n) is 10.9. The third kappa shape index (κ3) is 7.30. The summed E-state index contributed by atoms with van der Waals surface area (Å²) < 4.78 is 17.2. The predicted octanol–water partition coefficient (Wildman–Crippen LogP) is 6.67. The van der Waals surface area contributed by atoms with Crippen molar-refractivity contribution in [1.82, 2.24) is 4.90 Å². The Morgan fingerprint density at radius 1 is 0.930 bits per heavy atom. The van der Waals surface area contributed by atoms with Crippen LogP contribution in [0, 0.1) is 5.92 Å². The van der Waals surface area contributed by atoms with Gasteiger partial charge < -0.3 is 29.7 Å². The lowest BCUT2D eigenvalue weighted by atomic mass is 9.84. The number of anilines is 2. The highest BCUT2D eigenvalue weighted by molar-refractivity contribution is 9.10. The van der Waals surface area contributed by atoms with Gasteiger partial charge in [-0.2, -0.15) is 0 Å². The number of likely N-dealkylation sites (tertiary alicyclic amines) is 1. The minimum Gasteiger partial charge on any atom is -0.495 e. The van der Waals surface area contributed by atoms with Crippen LogP contribution in [0.1, 0.15) is 48.0 Å². The van der Waals surface area contributed by atoms with Gasteiger partial charge in [0.25, 0.3) is 0 Å². The lowest BCUT2D eigenvalue weighted by molar-refractivity contribution is -0.134. The van der Waals surface area contributed by atoms with Gasteiger partial charge in [-0.05, 0) is 95.2 Å². The van der Waals surface area contributed by atoms with Gasteiger partial charge in [0.15, 0.2) is 0 Å². The minimum atomic E-state index is -0.405. The Labute approximate surface area is 260 Å². The molecule has 1 saturated heterocycles. The summed E-state index contributed by atoms with van der Waals surface area (Å²) in [5.74, 6) is 1.24. The first-order valence-corrected chi connectivity index (χ1v) is 15.3. The number of esters is 1. The van der Waals surface area contributed by atoms with Crippen LogP contribution in [0.2, 0.25) is 0 Å². The van der Waals surface area contributed by atoms with E-state index in [2.05, 4.69) is 31.5 Å². The normalized spacial score (nSPS) is 19.2. The standard InChI is InChI=1S/C33H36BrN3O6/c1-41-30-17-21(11-16-28(30)36-33(40)35-27-9-5-4-8-26(27)34)18-31(38)37-24(19-23-7-3-6-10-29(23)37)20-43-25-14-12-22(13-15-25)32(39)42-2/h4-5,8-9,11-17,23-24,29H,3,6-7,10,18-20H2,1-2H3,(H2,35,36,40)/t23?,24-,29?/m0/s1. The Balaban J connectivity index is 1.25. The average molecular weight is 651 g/mol. The van der Waals surface area contributed by atoms with Crippen molar-refractivity contribution in [3.8, 4) is 11.5 Å². The zero-order valence-electron chi connectivity index (χ0n) is 24.3. The maximum absolute atomic E-state index is 13.8. The Morgan fingerprint density at radius 2 is 1.67 bits per heavy atom. The highest BCUT2D eigenvalue weighted by atomic mass is 79.9. The third-order valence-electron chi connectivity index (χ3n) is 8.19. The number of para-hydroxylation sites is 1. The van der Waals surface area contributed by atoms with Gasteiger partial charge in [-0.1, -0.05) is 31.0 Å². The van der Waals surface area contributed by atoms with Crippen molar-refractivity contribution in [3.63, 3.8) is 0 Å². The lowest BCUT2D eigenvalue weighted by Crippen LogP contribution is -2.46. The topological polar surface area (TPSA) is 106 Å². The molecule has 0 aromatic heterocycles. The van der Waals surface area contributed by atoms with Gasteiger partial charge in [-0.3, -0.25) is 4.79 Å². The molecule has 2 fully saturated rings. The van der Waals surface area contributed by atoms with Gasteiger partial charge in [0.1, 0.15) is 18.1 Å². The molecule has 2 aliphatic rings. The summed E-state index contributed by atoms with van der Waals surface area (Å²) in [4.78, 5) is 40.3. The largest absolute Gasteiger partial charge is 0.495 e. The second kappa shape index (κ2) is 13.9. The van der Waals surface area contributed by atoms with Crippen molar-refractivity contribution in [2.24, 2.45) is 5.92 Å². The molecule has 3 atom stereocenters. The summed E-state index contributed by atoms with van der Waals surface area (Å²) in [6, 6.07) is 19.4. The van der Waals surface area contributed by atoms with Crippen LogP contribution >= 0.6 is 15.9 Å². The Kier molecular flexibility index (Phi) is 9.86. The molecule has 43 heavy (non-hydrogen) atoms. The number of ether oxygens (including phenoxy) is 3. The maximum atomic E-state index is 13.8. The number of fused-ring (bicyclic) bond motifs is 1. The second-order valence-corrected chi connectivity index (χ2v) is 11.8. The summed E-state index contributed by atoms with van der Waals surface area (Å²) >= 11 is 3.43. The monoisotopic (exact) mass is 649 g/mol. The van der Waals surface area contributed by atoms with E-state index < -0.39 is 12.0 Å². The molecule has 0 spiro atoms. The van der Waals surface area contributed by atoms with Crippen molar-refractivity contribution in [1.29, 1.82) is 0 Å². The highest BCUT2D eigenvalue weighted by Gasteiger charge is 2.44. The molecular weight excluding hydrogens is 614 g/mol. The summed E-state index contributed by atoms with van der Waals surface area (Å²) in [6.45, 7) is 0.384. The first-order valence-electron chi connectivity index (χ1n) is 14.5. The van der Waals surface area contributed by atoms with Crippen molar-refractivity contribution >= 4 is 45.2 Å². The number of carbonyl (C=O) groups excluding carboxylic acids is 3. The maximum Gasteiger partial charge on any atom is 0.337 e. The number of methoxy groups -OCH3 is 2. The molecule has 1 aliphatic carbocycles. The van der Waals surface area contributed by atoms with E-state index in [1.807, 2.05) is 24.3 Å². The van der Waals surface area contributed by atoms with Gasteiger partial charge in [-0.25, -0.2) is 9.59 Å². The molecule has 5 rings (SSSR count). The molecule has 0 radical (unpaired) electrons. The van der Waals surface area contributed by atoms with E-state index in [0.29, 0.717) is 41.0 Å². The van der Waals surface area contributed by atoms with Gasteiger partial charge in [0.05, 0.1) is 43.6 Å². The van der Waals surface area contributed by atoms with Crippen LogP contribution in [0.15, 0.2) is 71.2 Å². The quantitative estimate of drug-likeness (QED) is 0.251. The van der Waals surface area contributed by atoms with Gasteiger partial charge in [0.2, 0.25) is 5.91 Å². The Morgan fingerprint density at radius 3 is 2.42 bits per heavy atom. The molecule has 2 unspecified atom stereocenters. The van der Waals surface area contributed by atoms with Gasteiger partial charge in [0, 0.05) is 10.5 Å². The number of amides is 3. The molecule has 10 heteroatoms. The highest BCUT2D eigenvalue weighted by Crippen LogP contribution is 2.40. The first-order chi connectivity index (χ1) is 20.9. The number of benzene rings is 3. The van der Waals surface area contributed by atoms with E-state index in [-0.39, 0.29) is 24.4 Å². The van der Waals surface area contributed by atoms with Crippen LogP contribution in [-0.4, -0.2) is 55.7 Å². The molecule has 3 aromatic rings. The molecule has 2 N–H and O–H groups in total. The van der Waals surface area contributed by atoms with E-state index in [4.69, 9.17) is 14.2 Å². The Bertz CT molecular complexity index is 1460. The van der Waals surface area contributed by atoms with Crippen LogP contribution in [-0.2, 0) is 16.0 Å². The van der Waals surface area contributed by atoms with Crippen molar-refractivity contribution in [2.75, 3.05) is 31.5 Å². The van der Waals surface area contributed by atoms with Crippen LogP contribution < -0.4 is 20.1 Å². The third-order valence-corrected chi connectivity index (χ3v) is 8.88. The van der Waals surface area contributed by atoms with Crippen molar-refractivity contribution < 1.29 is 28.6 Å². The zero-order chi connectivity index (χ0) is 30.3. The fourth-order valence-corrected chi connectivity index (χ4v) is 6.53. The molecule has 3 aromatic carbocycles. The zero-order valence-corrected chi connectivity index (χ0v) is 25.9. The average Bonchev–Trinajstić information content (AvgIpc) is 3.40. The predicted molar refractivity (Wildman–Crippen MR) is 168 cm³/mol. The summed E-state index contributed by atoms with van der Waals surface area (Å²) in [5, 5.41) is 5.64. The number of hydrogen-bond donors (Lipinski definition) is 2. The molecule has 1 heterocycles. The molecule has 1 aliphatic heterocycles. The number of halogens is 1. The minimum absolute atomic E-state index is 0.0373. The van der Waals surface area contributed by atoms with Crippen molar-refractivity contribution in [3.05, 3.63) is 82.3 Å². The molecule has 226 valence electrons. The number of urea groups is 1. The van der Waals surface area contributed by atoms with Gasteiger partial charge in [-0.15, -0.1) is 0 Å². The van der Waals surface area contributed by atoms with Crippen LogP contribution in [0.25, 0.3) is 0 Å². The van der Waals surface area contributed by atoms with E-state index in [1.54, 1.807) is 42.5 Å². The fraction of sp³-hybridized carbons (Fsp3) is 0.364. The molecular formula is C33H36BrN3O6. The van der Waals surface area contributed by atoms with Gasteiger partial charge >= 0.3 is 12.0 Å². The summed E-state index contributed by atoms with van der Waals surface area (Å²) in [7, 11) is 2.89. The number of nitrogens with one attached hydrogen (secondary N) is 2. The molecule has 0 bridgehead atoms. The number of rotatable bonds is 9. The summed E-state index contributed by atoms with van der Waals surface area (Å²) in [6.07, 6.45) is 5.55. The van der Waals surface area contributed by atoms with E-state index in [0.717, 1.165) is 35.7 Å². The van der Waals surface area contributed by atoms with Crippen LogP contribution in [0.4, 0.5) is 16.2 Å². The lowest BCUT2D eigenvalue weighted by Gasteiger charge is -2.34. The first kappa shape index (κ1) is 30.4. The van der Waals surface area contributed by atoms with Crippen LogP contribution in [0.3, 0.4) is 0 Å². The van der Waals surface area contributed by atoms with Crippen LogP contribution in [0.5, 0.6) is 11.5 Å². The van der Waals surface area contributed by atoms with Crippen molar-refractivity contribution in [2.45, 2.75) is 50.6 Å². The smallest absolute Gasteiger partial charge is 0.337 e. The van der Waals surface area contributed by atoms with E-state index in [9.17, 15) is 14.4 Å². The number of nitrogens with zero attached hydrogens (tertiary/aromatic N) is 1. The van der Waals surface area contributed by atoms with E-state index in [1.165, 1.54) is 20.6 Å². The molecule has 9 nitrogen and oxygen atoms in total. The SMILES string of the molecule is COC(=O)c1ccc(OC[C@@H]2CC3CCCCC3N2C(=O)Cc2ccc(NC(=O)Nc3ccccc3Br)c(OC)c2)cc1.